The number of aromatic nitrogens is 4. The summed E-state index contributed by atoms with van der Waals surface area (Å²) in [4.78, 5) is 78.4. The second kappa shape index (κ2) is 17.0. The highest BCUT2D eigenvalue weighted by Crippen LogP contribution is 2.42. The number of hydrogen-bond donors (Lipinski definition) is 2. The van der Waals surface area contributed by atoms with E-state index in [1.165, 1.54) is 32.4 Å². The van der Waals surface area contributed by atoms with E-state index in [2.05, 4.69) is 11.8 Å². The van der Waals surface area contributed by atoms with Gasteiger partial charge in [0.1, 0.15) is 19.0 Å². The van der Waals surface area contributed by atoms with Gasteiger partial charge in [0.2, 0.25) is 0 Å². The summed E-state index contributed by atoms with van der Waals surface area (Å²) in [7, 11) is 0. The number of fused-ring (bicyclic) bond motifs is 10. The molecule has 16 nitrogen and oxygen atoms in total. The number of likely N-dealkylation sites (tertiary alicyclic amines) is 2. The minimum atomic E-state index is -1.86. The molecule has 0 spiro atoms. The lowest BCUT2D eigenvalue weighted by atomic mass is 9.86. The van der Waals surface area contributed by atoms with Crippen molar-refractivity contribution in [1.82, 2.24) is 28.9 Å². The first-order chi connectivity index (χ1) is 33.3. The average molecular weight is 935 g/mol. The van der Waals surface area contributed by atoms with Gasteiger partial charge in [-0.1, -0.05) is 45.4 Å². The maximum absolute atomic E-state index is 13.6. The number of amides is 1. The minimum absolute atomic E-state index is 0.0951. The molecular weight excluding hydrogens is 881 g/mol. The third-order valence-electron chi connectivity index (χ3n) is 15.4. The van der Waals surface area contributed by atoms with Crippen molar-refractivity contribution in [2.45, 2.75) is 116 Å². The van der Waals surface area contributed by atoms with Crippen LogP contribution in [0.4, 0.5) is 4.79 Å². The predicted octanol–water partition coefficient (Wildman–Crippen LogP) is 6.17. The first-order valence-electron chi connectivity index (χ1n) is 24.2. The number of cyclic esters (lactones) is 2. The number of ether oxygens (including phenoxy) is 3. The van der Waals surface area contributed by atoms with Gasteiger partial charge in [0, 0.05) is 52.2 Å². The summed E-state index contributed by atoms with van der Waals surface area (Å²) in [5.74, 6) is -0.973. The zero-order chi connectivity index (χ0) is 47.9. The number of carbonyl (C=O) groups excluding carboxylic acids is 3. The van der Waals surface area contributed by atoms with Gasteiger partial charge >= 0.3 is 18.0 Å². The number of rotatable bonds is 5. The highest BCUT2D eigenvalue weighted by molar-refractivity contribution is 5.91. The molecule has 2 atom stereocenters. The summed E-state index contributed by atoms with van der Waals surface area (Å²) in [6.45, 7) is 9.66. The van der Waals surface area contributed by atoms with Gasteiger partial charge in [-0.3, -0.25) is 9.59 Å². The number of hydrogen-bond acceptors (Lipinski definition) is 13. The van der Waals surface area contributed by atoms with E-state index in [9.17, 15) is 34.2 Å². The highest BCUT2D eigenvalue weighted by Gasteiger charge is 2.47. The Morgan fingerprint density at radius 2 is 1.32 bits per heavy atom. The van der Waals surface area contributed by atoms with Crippen LogP contribution in [0.25, 0.3) is 44.6 Å². The van der Waals surface area contributed by atoms with Crippen LogP contribution in [0.1, 0.15) is 105 Å². The molecule has 1 amide bonds. The molecule has 4 aromatic heterocycles. The molecule has 6 aliphatic heterocycles. The Bertz CT molecular complexity index is 3280. The van der Waals surface area contributed by atoms with E-state index in [0.29, 0.717) is 83.7 Å². The maximum Gasteiger partial charge on any atom is 0.415 e. The van der Waals surface area contributed by atoms with Crippen LogP contribution in [0, 0.1) is 0 Å². The van der Waals surface area contributed by atoms with E-state index in [-0.39, 0.29) is 43.3 Å². The van der Waals surface area contributed by atoms with Gasteiger partial charge < -0.3 is 43.4 Å². The normalized spacial score (nSPS) is 21.6. The van der Waals surface area contributed by atoms with Crippen molar-refractivity contribution in [3.8, 4) is 28.5 Å². The Morgan fingerprint density at radius 1 is 0.710 bits per heavy atom. The molecule has 16 heteroatoms. The lowest BCUT2D eigenvalue weighted by molar-refractivity contribution is -0.172. The number of aliphatic hydroxyl groups is 2. The zero-order valence-corrected chi connectivity index (χ0v) is 39.0. The summed E-state index contributed by atoms with van der Waals surface area (Å²) in [6.07, 6.45) is 6.40. The minimum Gasteiger partial charge on any atom is -0.458 e. The second-order valence-corrected chi connectivity index (χ2v) is 19.0. The van der Waals surface area contributed by atoms with Gasteiger partial charge in [0.25, 0.3) is 11.1 Å². The van der Waals surface area contributed by atoms with Gasteiger partial charge in [0.05, 0.1) is 58.0 Å². The first kappa shape index (κ1) is 44.7. The molecule has 2 saturated heterocycles. The molecule has 0 bridgehead atoms. The lowest BCUT2D eigenvalue weighted by Crippen LogP contribution is -2.48. The van der Waals surface area contributed by atoms with E-state index < -0.39 is 23.1 Å². The van der Waals surface area contributed by atoms with Crippen molar-refractivity contribution in [3.05, 3.63) is 120 Å². The highest BCUT2D eigenvalue weighted by atomic mass is 16.6. The van der Waals surface area contributed by atoms with Crippen LogP contribution in [-0.2, 0) is 63.0 Å². The topological polar surface area (TPSA) is 196 Å². The standard InChI is InChI=1S/C33H38N4O6.C20H16N2O4/c1-3-22-23-16-21(43-32(40)36-14-10-20(11-15-36)35-12-6-5-7-13-35)8-9-27(23)34-29-24(22)18-37-28(29)17-26-25(30(37)38)19-42-31(39)33(26,41)4-2;1-2-20(25)14-8-16-17-12(7-11-5-3-4-6-15(11)21-17)9-22(16)18(23)13(14)10-26-19(20)24/h8-9,16-17,20,41H,3-7,10-15,18-19H2,1-2H3;3-8,25H,2,9-10H2,1H3/t33-;20-/m00/s1. The Balaban J connectivity index is 0.000000170. The summed E-state index contributed by atoms with van der Waals surface area (Å²) in [6, 6.07) is 19.3. The second-order valence-electron chi connectivity index (χ2n) is 19.0. The van der Waals surface area contributed by atoms with E-state index in [1.807, 2.05) is 47.4 Å². The van der Waals surface area contributed by atoms with E-state index >= 15 is 0 Å². The van der Waals surface area contributed by atoms with Crippen LogP contribution in [0.5, 0.6) is 5.75 Å². The van der Waals surface area contributed by atoms with Crippen molar-refractivity contribution in [2.24, 2.45) is 0 Å². The van der Waals surface area contributed by atoms with Crippen LogP contribution in [0.2, 0.25) is 0 Å². The smallest absolute Gasteiger partial charge is 0.415 e. The molecule has 2 aromatic carbocycles. The van der Waals surface area contributed by atoms with Crippen LogP contribution < -0.4 is 15.9 Å². The Labute approximate surface area is 397 Å². The molecule has 0 radical (unpaired) electrons. The van der Waals surface area contributed by atoms with Crippen molar-refractivity contribution < 1.29 is 38.8 Å². The van der Waals surface area contributed by atoms with Crippen LogP contribution >= 0.6 is 0 Å². The third kappa shape index (κ3) is 7.16. The van der Waals surface area contributed by atoms with Gasteiger partial charge in [-0.15, -0.1) is 0 Å². The van der Waals surface area contributed by atoms with E-state index in [1.54, 1.807) is 41.2 Å². The molecular formula is C53H54N6O10. The number of carbonyl (C=O) groups is 3. The average Bonchev–Trinajstić information content (AvgIpc) is 3.93. The summed E-state index contributed by atoms with van der Waals surface area (Å²) in [5.41, 5.74) is 4.20. The Morgan fingerprint density at radius 3 is 1.96 bits per heavy atom. The summed E-state index contributed by atoms with van der Waals surface area (Å²) < 4.78 is 19.4. The number of piperidine rings is 2. The fraction of sp³-hybridized carbons (Fsp3) is 0.415. The number of para-hydroxylation sites is 1. The first-order valence-corrected chi connectivity index (χ1v) is 24.2. The number of aryl methyl sites for hydroxylation is 1. The largest absolute Gasteiger partial charge is 0.458 e. The number of nitrogens with zero attached hydrogens (tertiary/aromatic N) is 6. The number of benzene rings is 2. The van der Waals surface area contributed by atoms with E-state index in [0.717, 1.165) is 57.0 Å². The molecule has 0 aliphatic carbocycles. The number of pyridine rings is 4. The molecule has 0 saturated carbocycles. The van der Waals surface area contributed by atoms with Gasteiger partial charge in [-0.05, 0) is 106 Å². The molecule has 6 aliphatic rings. The maximum atomic E-state index is 13.6. The Hall–Kier alpha value is -6.75. The molecule has 69 heavy (non-hydrogen) atoms. The van der Waals surface area contributed by atoms with Gasteiger partial charge in [-0.2, -0.15) is 0 Å². The SMILES string of the molecule is CC[C@@]1(O)C(=O)OCc2c1cc1n(c2=O)Cc2cc3ccccc3nc2-1.CCc1c2c(nc3ccc(OC(=O)N4CCC(N5CCCCC5)CC4)cc13)-c1cc3c(c(=O)n1C2)COC(=O)[C@]3(O)CC. The predicted molar refractivity (Wildman–Crippen MR) is 254 cm³/mol. The fourth-order valence-corrected chi connectivity index (χ4v) is 11.4. The van der Waals surface area contributed by atoms with Crippen LogP contribution in [0.3, 0.4) is 0 Å². The molecule has 356 valence electrons. The molecule has 2 fully saturated rings. The van der Waals surface area contributed by atoms with Crippen molar-refractivity contribution in [1.29, 1.82) is 0 Å². The fourth-order valence-electron chi connectivity index (χ4n) is 11.4. The zero-order valence-electron chi connectivity index (χ0n) is 39.0. The molecule has 2 N–H and O–H groups in total. The van der Waals surface area contributed by atoms with Crippen LogP contribution in [-0.4, -0.2) is 89.4 Å². The quantitative estimate of drug-likeness (QED) is 0.186. The molecule has 0 unspecified atom stereocenters. The van der Waals surface area contributed by atoms with Gasteiger partial charge in [0.15, 0.2) is 11.2 Å². The molecule has 12 rings (SSSR count). The summed E-state index contributed by atoms with van der Waals surface area (Å²) >= 11 is 0. The van der Waals surface area contributed by atoms with Gasteiger partial charge in [-0.25, -0.2) is 24.4 Å². The van der Waals surface area contributed by atoms with Crippen LogP contribution in [0.15, 0.2) is 70.3 Å². The van der Waals surface area contributed by atoms with Crippen molar-refractivity contribution in [2.75, 3.05) is 26.2 Å². The Kier molecular flexibility index (Phi) is 11.0. The summed E-state index contributed by atoms with van der Waals surface area (Å²) in [5, 5.41) is 23.9. The third-order valence-corrected chi connectivity index (χ3v) is 15.4. The van der Waals surface area contributed by atoms with Crippen molar-refractivity contribution >= 4 is 39.8 Å². The molecule has 6 aromatic rings. The molecule has 10 heterocycles. The van der Waals surface area contributed by atoms with E-state index in [4.69, 9.17) is 24.2 Å². The number of esters is 2. The monoisotopic (exact) mass is 934 g/mol. The van der Waals surface area contributed by atoms with Crippen molar-refractivity contribution in [3.63, 3.8) is 0 Å². The lowest BCUT2D eigenvalue weighted by Gasteiger charge is -2.39.